The van der Waals surface area contributed by atoms with Gasteiger partial charge < -0.3 is 5.73 Å². The van der Waals surface area contributed by atoms with Gasteiger partial charge in [0.1, 0.15) is 0 Å². The summed E-state index contributed by atoms with van der Waals surface area (Å²) in [6, 6.07) is 0.274. The summed E-state index contributed by atoms with van der Waals surface area (Å²) >= 11 is 6.37. The number of halogens is 1. The molecule has 1 fully saturated rings. The first-order chi connectivity index (χ1) is 8.52. The molecule has 0 radical (unpaired) electrons. The summed E-state index contributed by atoms with van der Waals surface area (Å²) in [6.45, 7) is 7.20. The van der Waals surface area contributed by atoms with E-state index in [4.69, 9.17) is 17.3 Å². The van der Waals surface area contributed by atoms with Crippen molar-refractivity contribution < 1.29 is 0 Å². The van der Waals surface area contributed by atoms with Gasteiger partial charge in [0.05, 0.1) is 16.4 Å². The Hall–Kier alpha value is -0.580. The van der Waals surface area contributed by atoms with Crippen LogP contribution in [0.2, 0.25) is 5.02 Å². The highest BCUT2D eigenvalue weighted by molar-refractivity contribution is 6.31. The molecule has 0 aromatic carbocycles. The minimum atomic E-state index is 0.274. The van der Waals surface area contributed by atoms with Gasteiger partial charge in [0, 0.05) is 26.2 Å². The van der Waals surface area contributed by atoms with Gasteiger partial charge in [-0.25, -0.2) is 0 Å². The molecule has 2 rings (SSSR count). The average molecular weight is 271 g/mol. The van der Waals surface area contributed by atoms with Crippen molar-refractivity contribution in [3.05, 3.63) is 16.4 Å². The van der Waals surface area contributed by atoms with Gasteiger partial charge in [0.2, 0.25) is 0 Å². The molecule has 5 heteroatoms. The Labute approximate surface area is 114 Å². The van der Waals surface area contributed by atoms with Crippen LogP contribution in [0.25, 0.3) is 0 Å². The Morgan fingerprint density at radius 2 is 2.22 bits per heavy atom. The number of hydrogen-bond acceptors (Lipinski definition) is 3. The van der Waals surface area contributed by atoms with Crippen LogP contribution in [-0.2, 0) is 20.0 Å². The van der Waals surface area contributed by atoms with Crippen LogP contribution in [0.3, 0.4) is 0 Å². The van der Waals surface area contributed by atoms with Crippen LogP contribution in [0.5, 0.6) is 0 Å². The van der Waals surface area contributed by atoms with Gasteiger partial charge in [-0.3, -0.25) is 9.58 Å². The van der Waals surface area contributed by atoms with E-state index in [0.717, 1.165) is 48.9 Å². The van der Waals surface area contributed by atoms with Crippen LogP contribution in [0, 0.1) is 5.92 Å². The molecule has 1 aromatic rings. The number of rotatable bonds is 3. The molecule has 1 saturated heterocycles. The van der Waals surface area contributed by atoms with Gasteiger partial charge in [-0.2, -0.15) is 5.10 Å². The summed E-state index contributed by atoms with van der Waals surface area (Å²) in [4.78, 5) is 2.38. The Morgan fingerprint density at radius 1 is 1.50 bits per heavy atom. The van der Waals surface area contributed by atoms with Crippen molar-refractivity contribution in [3.8, 4) is 0 Å². The zero-order valence-electron chi connectivity index (χ0n) is 11.5. The highest BCUT2D eigenvalue weighted by Gasteiger charge is 2.25. The fourth-order valence-corrected chi connectivity index (χ4v) is 2.87. The first kappa shape index (κ1) is 13.8. The molecule has 102 valence electrons. The van der Waals surface area contributed by atoms with E-state index in [0.29, 0.717) is 5.92 Å². The van der Waals surface area contributed by atoms with Crippen molar-refractivity contribution in [2.45, 2.75) is 39.3 Å². The number of aryl methyl sites for hydroxylation is 2. The summed E-state index contributed by atoms with van der Waals surface area (Å²) in [5.74, 6) is 0.620. The summed E-state index contributed by atoms with van der Waals surface area (Å²) < 4.78 is 1.91. The third-order valence-corrected chi connectivity index (χ3v) is 4.41. The molecule has 0 aliphatic carbocycles. The topological polar surface area (TPSA) is 47.1 Å². The summed E-state index contributed by atoms with van der Waals surface area (Å²) in [7, 11) is 1.97. The third kappa shape index (κ3) is 2.71. The lowest BCUT2D eigenvalue weighted by Crippen LogP contribution is -2.47. The molecule has 18 heavy (non-hydrogen) atoms. The Morgan fingerprint density at radius 3 is 2.78 bits per heavy atom. The minimum Gasteiger partial charge on any atom is -0.326 e. The van der Waals surface area contributed by atoms with E-state index >= 15 is 0 Å². The van der Waals surface area contributed by atoms with Crippen molar-refractivity contribution in [1.82, 2.24) is 14.7 Å². The lowest BCUT2D eigenvalue weighted by Gasteiger charge is -2.34. The van der Waals surface area contributed by atoms with Gasteiger partial charge in [-0.1, -0.05) is 25.4 Å². The fourth-order valence-electron chi connectivity index (χ4n) is 2.52. The van der Waals surface area contributed by atoms with Crippen molar-refractivity contribution in [1.29, 1.82) is 0 Å². The Kier molecular flexibility index (Phi) is 4.30. The molecule has 0 bridgehead atoms. The largest absolute Gasteiger partial charge is 0.326 e. The zero-order valence-corrected chi connectivity index (χ0v) is 12.2. The second kappa shape index (κ2) is 5.59. The van der Waals surface area contributed by atoms with Crippen LogP contribution in [0.4, 0.5) is 0 Å². The van der Waals surface area contributed by atoms with Crippen molar-refractivity contribution in [3.63, 3.8) is 0 Å². The highest BCUT2D eigenvalue weighted by atomic mass is 35.5. The molecule has 1 aromatic heterocycles. The quantitative estimate of drug-likeness (QED) is 0.911. The number of aromatic nitrogens is 2. The lowest BCUT2D eigenvalue weighted by molar-refractivity contribution is 0.159. The third-order valence-electron chi connectivity index (χ3n) is 3.98. The first-order valence-corrected chi connectivity index (χ1v) is 7.08. The standard InChI is InChI=1S/C13H23ClN4/c1-4-11-13(14)12(17(3)16-11)8-18-6-5-9(2)10(15)7-18/h9-10H,4-8,15H2,1-3H3. The van der Waals surface area contributed by atoms with E-state index in [1.807, 2.05) is 11.7 Å². The molecular formula is C13H23ClN4. The second-order valence-electron chi connectivity index (χ2n) is 5.35. The normalized spacial score (nSPS) is 25.6. The average Bonchev–Trinajstić information content (AvgIpc) is 2.61. The zero-order chi connectivity index (χ0) is 13.3. The maximum Gasteiger partial charge on any atom is 0.0863 e. The first-order valence-electron chi connectivity index (χ1n) is 6.71. The molecule has 0 saturated carbocycles. The van der Waals surface area contributed by atoms with Gasteiger partial charge in [0.15, 0.2) is 0 Å². The lowest BCUT2D eigenvalue weighted by atomic mass is 9.94. The van der Waals surface area contributed by atoms with Crippen LogP contribution >= 0.6 is 11.6 Å². The molecule has 2 atom stereocenters. The van der Waals surface area contributed by atoms with Crippen LogP contribution in [0.1, 0.15) is 31.7 Å². The Bertz CT molecular complexity index is 415. The fraction of sp³-hybridized carbons (Fsp3) is 0.769. The molecule has 1 aliphatic rings. The summed E-state index contributed by atoms with van der Waals surface area (Å²) in [5, 5.41) is 5.28. The van der Waals surface area contributed by atoms with E-state index in [9.17, 15) is 0 Å². The number of piperidine rings is 1. The maximum absolute atomic E-state index is 6.37. The number of nitrogens with two attached hydrogens (primary N) is 1. The van der Waals surface area contributed by atoms with Gasteiger partial charge in [0.25, 0.3) is 0 Å². The number of hydrogen-bond donors (Lipinski definition) is 1. The number of likely N-dealkylation sites (tertiary alicyclic amines) is 1. The van der Waals surface area contributed by atoms with E-state index < -0.39 is 0 Å². The van der Waals surface area contributed by atoms with Gasteiger partial charge in [-0.05, 0) is 25.3 Å². The monoisotopic (exact) mass is 270 g/mol. The van der Waals surface area contributed by atoms with E-state index in [-0.39, 0.29) is 6.04 Å². The Balaban J connectivity index is 2.08. The van der Waals surface area contributed by atoms with Crippen molar-refractivity contribution in [2.75, 3.05) is 13.1 Å². The smallest absolute Gasteiger partial charge is 0.0863 e. The molecule has 1 aliphatic heterocycles. The molecule has 2 unspecified atom stereocenters. The predicted octanol–water partition coefficient (Wildman–Crippen LogP) is 1.81. The van der Waals surface area contributed by atoms with Gasteiger partial charge in [-0.15, -0.1) is 0 Å². The molecule has 2 N–H and O–H groups in total. The molecule has 2 heterocycles. The number of nitrogens with zero attached hydrogens (tertiary/aromatic N) is 3. The highest BCUT2D eigenvalue weighted by Crippen LogP contribution is 2.24. The molecule has 4 nitrogen and oxygen atoms in total. The van der Waals surface area contributed by atoms with Crippen LogP contribution in [0.15, 0.2) is 0 Å². The molecule has 0 amide bonds. The summed E-state index contributed by atoms with van der Waals surface area (Å²) in [5.41, 5.74) is 8.23. The van der Waals surface area contributed by atoms with E-state index in [1.54, 1.807) is 0 Å². The maximum atomic E-state index is 6.37. The van der Waals surface area contributed by atoms with Crippen LogP contribution in [-0.4, -0.2) is 33.8 Å². The van der Waals surface area contributed by atoms with Crippen molar-refractivity contribution in [2.24, 2.45) is 18.7 Å². The SMILES string of the molecule is CCc1nn(C)c(CN2CCC(C)C(N)C2)c1Cl. The van der Waals surface area contributed by atoms with Crippen molar-refractivity contribution >= 4 is 11.6 Å². The molecule has 0 spiro atoms. The molecular weight excluding hydrogens is 248 g/mol. The minimum absolute atomic E-state index is 0.274. The summed E-state index contributed by atoms with van der Waals surface area (Å²) in [6.07, 6.45) is 2.04. The second-order valence-corrected chi connectivity index (χ2v) is 5.73. The van der Waals surface area contributed by atoms with Crippen LogP contribution < -0.4 is 5.73 Å². The van der Waals surface area contributed by atoms with Gasteiger partial charge >= 0.3 is 0 Å². The predicted molar refractivity (Wildman–Crippen MR) is 74.6 cm³/mol. The van der Waals surface area contributed by atoms with E-state index in [2.05, 4.69) is 23.8 Å². The van der Waals surface area contributed by atoms with E-state index in [1.165, 1.54) is 0 Å².